The quantitative estimate of drug-likeness (QED) is 0.858. The third-order valence-corrected chi connectivity index (χ3v) is 3.66. The van der Waals surface area contributed by atoms with Gasteiger partial charge >= 0.3 is 5.97 Å². The van der Waals surface area contributed by atoms with Gasteiger partial charge in [0.05, 0.1) is 0 Å². The summed E-state index contributed by atoms with van der Waals surface area (Å²) in [7, 11) is 0. The van der Waals surface area contributed by atoms with Crippen molar-refractivity contribution in [1.82, 2.24) is 0 Å². The van der Waals surface area contributed by atoms with E-state index >= 15 is 0 Å². The molecule has 0 heterocycles. The van der Waals surface area contributed by atoms with Crippen LogP contribution in [-0.4, -0.2) is 23.5 Å². The van der Waals surface area contributed by atoms with Crippen molar-refractivity contribution in [2.75, 3.05) is 11.4 Å². The topological polar surface area (TPSA) is 83.6 Å². The molecule has 0 aromatic heterocycles. The molecule has 0 aliphatic heterocycles. The number of nitrogens with zero attached hydrogens (tertiary/aromatic N) is 1. The smallest absolute Gasteiger partial charge is 0.323 e. The first-order valence-corrected chi connectivity index (χ1v) is 7.47. The van der Waals surface area contributed by atoms with E-state index in [0.717, 1.165) is 17.5 Å². The van der Waals surface area contributed by atoms with Crippen LogP contribution in [0.3, 0.4) is 0 Å². The van der Waals surface area contributed by atoms with Gasteiger partial charge in [-0.15, -0.1) is 0 Å². The summed E-state index contributed by atoms with van der Waals surface area (Å²) in [4.78, 5) is 25.1. The number of benzene rings is 2. The van der Waals surface area contributed by atoms with E-state index in [1.54, 1.807) is 42.5 Å². The molecule has 3 N–H and O–H groups in total. The molecule has 0 radical (unpaired) electrons. The van der Waals surface area contributed by atoms with Crippen molar-refractivity contribution >= 4 is 17.6 Å². The molecule has 0 saturated carbocycles. The zero-order chi connectivity index (χ0) is 16.8. The number of carboxylic acids is 1. The Balaban J connectivity index is 2.43. The Hall–Kier alpha value is -2.66. The third-order valence-electron chi connectivity index (χ3n) is 3.66. The van der Waals surface area contributed by atoms with E-state index < -0.39 is 12.5 Å². The van der Waals surface area contributed by atoms with E-state index in [9.17, 15) is 9.59 Å². The number of anilines is 1. The maximum absolute atomic E-state index is 12.7. The Morgan fingerprint density at radius 3 is 2.35 bits per heavy atom. The highest BCUT2D eigenvalue weighted by Gasteiger charge is 2.21. The van der Waals surface area contributed by atoms with Crippen LogP contribution in [0.1, 0.15) is 28.4 Å². The maximum Gasteiger partial charge on any atom is 0.323 e. The number of carbonyl (C=O) groups is 2. The Labute approximate surface area is 135 Å². The number of amides is 1. The lowest BCUT2D eigenvalue weighted by Gasteiger charge is -2.22. The maximum atomic E-state index is 12.7. The average molecular weight is 312 g/mol. The Morgan fingerprint density at radius 1 is 1.09 bits per heavy atom. The van der Waals surface area contributed by atoms with E-state index in [4.69, 9.17) is 10.8 Å². The number of hydrogen-bond acceptors (Lipinski definition) is 3. The van der Waals surface area contributed by atoms with Crippen LogP contribution in [0.5, 0.6) is 0 Å². The predicted molar refractivity (Wildman–Crippen MR) is 89.5 cm³/mol. The molecular weight excluding hydrogens is 292 g/mol. The van der Waals surface area contributed by atoms with E-state index in [1.807, 2.05) is 13.0 Å². The minimum absolute atomic E-state index is 0.345. The van der Waals surface area contributed by atoms with Crippen LogP contribution in [0.2, 0.25) is 0 Å². The first-order chi connectivity index (χ1) is 11.1. The van der Waals surface area contributed by atoms with E-state index in [2.05, 4.69) is 0 Å². The van der Waals surface area contributed by atoms with Gasteiger partial charge in [0.25, 0.3) is 5.91 Å². The number of carboxylic acid groups (broad SMARTS) is 1. The Kier molecular flexibility index (Phi) is 5.49. The van der Waals surface area contributed by atoms with Crippen LogP contribution in [-0.2, 0) is 17.8 Å². The molecule has 2 rings (SSSR count). The van der Waals surface area contributed by atoms with Crippen LogP contribution in [0.25, 0.3) is 0 Å². The summed E-state index contributed by atoms with van der Waals surface area (Å²) in [5.74, 6) is -1.41. The predicted octanol–water partition coefficient (Wildman–Crippen LogP) is 2.44. The molecule has 5 heteroatoms. The van der Waals surface area contributed by atoms with Crippen LogP contribution >= 0.6 is 0 Å². The molecule has 5 nitrogen and oxygen atoms in total. The summed E-state index contributed by atoms with van der Waals surface area (Å²) in [6.45, 7) is 1.97. The lowest BCUT2D eigenvalue weighted by Crippen LogP contribution is -2.35. The zero-order valence-electron chi connectivity index (χ0n) is 13.0. The molecule has 0 spiro atoms. The molecule has 0 bridgehead atoms. The second-order valence-electron chi connectivity index (χ2n) is 5.16. The molecule has 120 valence electrons. The van der Waals surface area contributed by atoms with Gasteiger partial charge in [-0.2, -0.15) is 0 Å². The molecule has 0 aliphatic rings. The van der Waals surface area contributed by atoms with Crippen molar-refractivity contribution < 1.29 is 14.7 Å². The van der Waals surface area contributed by atoms with Gasteiger partial charge in [0.15, 0.2) is 0 Å². The van der Waals surface area contributed by atoms with Crippen LogP contribution in [0.4, 0.5) is 5.69 Å². The van der Waals surface area contributed by atoms with Crippen molar-refractivity contribution in [2.45, 2.75) is 19.9 Å². The second-order valence-corrected chi connectivity index (χ2v) is 5.16. The van der Waals surface area contributed by atoms with Crippen molar-refractivity contribution in [1.29, 1.82) is 0 Å². The van der Waals surface area contributed by atoms with Crippen molar-refractivity contribution in [3.63, 3.8) is 0 Å². The second kappa shape index (κ2) is 7.56. The van der Waals surface area contributed by atoms with E-state index in [0.29, 0.717) is 17.8 Å². The minimum Gasteiger partial charge on any atom is -0.480 e. The lowest BCUT2D eigenvalue weighted by atomic mass is 10.0. The van der Waals surface area contributed by atoms with Gasteiger partial charge in [-0.25, -0.2) is 0 Å². The number of hydrogen-bond donors (Lipinski definition) is 2. The van der Waals surface area contributed by atoms with Gasteiger partial charge in [0.1, 0.15) is 6.54 Å². The molecule has 1 amide bonds. The van der Waals surface area contributed by atoms with Gasteiger partial charge in [-0.3, -0.25) is 14.5 Å². The normalized spacial score (nSPS) is 10.3. The molecule has 0 aliphatic carbocycles. The summed E-state index contributed by atoms with van der Waals surface area (Å²) >= 11 is 0. The van der Waals surface area contributed by atoms with Gasteiger partial charge in [0.2, 0.25) is 0 Å². The molecule has 0 atom stereocenters. The Bertz CT molecular complexity index is 699. The third kappa shape index (κ3) is 3.96. The zero-order valence-corrected chi connectivity index (χ0v) is 13.0. The number of aliphatic carboxylic acids is 1. The molecule has 0 saturated heterocycles. The first kappa shape index (κ1) is 16.7. The summed E-state index contributed by atoms with van der Waals surface area (Å²) in [6, 6.07) is 14.1. The number of aryl methyl sites for hydroxylation is 1. The van der Waals surface area contributed by atoms with Crippen molar-refractivity contribution in [3.8, 4) is 0 Å². The standard InChI is InChI=1S/C18H20N2O3/c1-2-13-8-9-16(10-15(13)11-19)20(12-17(21)22)18(23)14-6-4-3-5-7-14/h3-10H,2,11-12,19H2,1H3,(H,21,22). The van der Waals surface area contributed by atoms with E-state index in [1.165, 1.54) is 4.90 Å². The number of rotatable bonds is 6. The van der Waals surface area contributed by atoms with Crippen LogP contribution < -0.4 is 10.6 Å². The summed E-state index contributed by atoms with van der Waals surface area (Å²) < 4.78 is 0. The van der Waals surface area contributed by atoms with Crippen LogP contribution in [0.15, 0.2) is 48.5 Å². The largest absolute Gasteiger partial charge is 0.480 e. The van der Waals surface area contributed by atoms with Gasteiger partial charge in [0, 0.05) is 17.8 Å². The van der Waals surface area contributed by atoms with Gasteiger partial charge < -0.3 is 10.8 Å². The summed E-state index contributed by atoms with van der Waals surface area (Å²) in [6.07, 6.45) is 0.832. The van der Waals surface area contributed by atoms with E-state index in [-0.39, 0.29) is 5.91 Å². The SMILES string of the molecule is CCc1ccc(N(CC(=O)O)C(=O)c2ccccc2)cc1CN. The minimum atomic E-state index is -1.07. The first-order valence-electron chi connectivity index (χ1n) is 7.47. The molecule has 23 heavy (non-hydrogen) atoms. The van der Waals surface area contributed by atoms with Gasteiger partial charge in [-0.1, -0.05) is 31.2 Å². The molecule has 2 aromatic rings. The fraction of sp³-hybridized carbons (Fsp3) is 0.222. The van der Waals surface area contributed by atoms with Crippen LogP contribution in [0, 0.1) is 0 Å². The lowest BCUT2D eigenvalue weighted by molar-refractivity contribution is -0.135. The fourth-order valence-electron chi connectivity index (χ4n) is 2.47. The van der Waals surface area contributed by atoms with Gasteiger partial charge in [-0.05, 0) is 41.8 Å². The molecule has 0 fully saturated rings. The molecule has 2 aromatic carbocycles. The van der Waals surface area contributed by atoms with Crippen molar-refractivity contribution in [3.05, 3.63) is 65.2 Å². The Morgan fingerprint density at radius 2 is 1.78 bits per heavy atom. The highest BCUT2D eigenvalue weighted by molar-refractivity contribution is 6.08. The number of carbonyl (C=O) groups excluding carboxylic acids is 1. The molecule has 0 unspecified atom stereocenters. The monoisotopic (exact) mass is 312 g/mol. The summed E-state index contributed by atoms with van der Waals surface area (Å²) in [5, 5.41) is 9.15. The average Bonchev–Trinajstić information content (AvgIpc) is 2.59. The van der Waals surface area contributed by atoms with Crippen molar-refractivity contribution in [2.24, 2.45) is 5.73 Å². The fourth-order valence-corrected chi connectivity index (χ4v) is 2.47. The highest BCUT2D eigenvalue weighted by Crippen LogP contribution is 2.22. The summed E-state index contributed by atoms with van der Waals surface area (Å²) in [5.41, 5.74) is 8.77. The number of nitrogens with two attached hydrogens (primary N) is 1. The molecular formula is C18H20N2O3. The highest BCUT2D eigenvalue weighted by atomic mass is 16.4.